The van der Waals surface area contributed by atoms with E-state index in [2.05, 4.69) is 56.3 Å². The van der Waals surface area contributed by atoms with E-state index in [1.54, 1.807) is 6.07 Å². The van der Waals surface area contributed by atoms with Crippen molar-refractivity contribution in [3.63, 3.8) is 0 Å². The van der Waals surface area contributed by atoms with Gasteiger partial charge in [-0.1, -0.05) is 101 Å². The van der Waals surface area contributed by atoms with Gasteiger partial charge in [0.15, 0.2) is 5.78 Å². The first-order chi connectivity index (χ1) is 24.7. The van der Waals surface area contributed by atoms with Gasteiger partial charge in [-0.25, -0.2) is 4.39 Å². The van der Waals surface area contributed by atoms with Gasteiger partial charge < -0.3 is 14.5 Å². The Morgan fingerprint density at radius 1 is 0.788 bits per heavy atom. The van der Waals surface area contributed by atoms with Crippen LogP contribution in [0.2, 0.25) is 0 Å². The molecule has 0 amide bonds. The molecule has 7 rings (SSSR count). The summed E-state index contributed by atoms with van der Waals surface area (Å²) in [5.41, 5.74) is 4.77. The molecule has 0 atom stereocenters. The predicted octanol–water partition coefficient (Wildman–Crippen LogP) is 13.1. The minimum atomic E-state index is -0.218. The van der Waals surface area contributed by atoms with Gasteiger partial charge in [0, 0.05) is 49.6 Å². The quantitative estimate of drug-likeness (QED) is 0.0644. The minimum Gasteiger partial charge on any atom is -0.512 e. The van der Waals surface area contributed by atoms with Gasteiger partial charge in [0.25, 0.3) is 0 Å². The molecule has 2 aromatic heterocycles. The summed E-state index contributed by atoms with van der Waals surface area (Å²) in [5, 5.41) is 18.4. The molecule has 5 aromatic carbocycles. The number of carbonyl (C=O) groups excluding carboxylic acids is 1. The number of aromatic nitrogens is 1. The van der Waals surface area contributed by atoms with E-state index in [0.717, 1.165) is 103 Å². The van der Waals surface area contributed by atoms with Gasteiger partial charge in [0.1, 0.15) is 11.4 Å². The van der Waals surface area contributed by atoms with Crippen LogP contribution in [0.4, 0.5) is 4.39 Å². The Kier molecular flexibility index (Phi) is 12.7. The van der Waals surface area contributed by atoms with Crippen LogP contribution in [0.15, 0.2) is 101 Å². The van der Waals surface area contributed by atoms with Crippen molar-refractivity contribution < 1.29 is 38.8 Å². The second-order valence-electron chi connectivity index (χ2n) is 13.9. The molecule has 0 saturated carbocycles. The summed E-state index contributed by atoms with van der Waals surface area (Å²) in [6.07, 6.45) is 7.66. The number of pyridine rings is 1. The first-order valence-electron chi connectivity index (χ1n) is 18.4. The first kappa shape index (κ1) is 38.8. The summed E-state index contributed by atoms with van der Waals surface area (Å²) < 4.78 is 20.1. The van der Waals surface area contributed by atoms with Crippen molar-refractivity contribution in [2.45, 2.75) is 73.6 Å². The number of fused-ring (bicyclic) bond motifs is 8. The van der Waals surface area contributed by atoms with Crippen LogP contribution in [0.5, 0.6) is 0 Å². The van der Waals surface area contributed by atoms with E-state index in [1.165, 1.54) is 12.1 Å². The van der Waals surface area contributed by atoms with Gasteiger partial charge in [-0.3, -0.25) is 4.79 Å². The van der Waals surface area contributed by atoms with Gasteiger partial charge in [0.2, 0.25) is 0 Å². The second kappa shape index (κ2) is 17.0. The fourth-order valence-corrected chi connectivity index (χ4v) is 7.29. The van der Waals surface area contributed by atoms with Crippen molar-refractivity contribution in [3.8, 4) is 11.3 Å². The van der Waals surface area contributed by atoms with E-state index in [1.807, 2.05) is 64.2 Å². The standard InChI is InChI=1S/C33H23FNO.C13H24O2.Ir/c1-19(2)15-22-16-21(18-30-28-5-3-4-6-31(28)36-33(22)30)32-29-12-11-25-24-10-8-23(34)17-20(24)7-9-26(25)27(29)13-14-35-32;1-5-10(6-2)12(14)9-13(15)11(7-3)8-4;/h3-14,17-19H,15H2,1-2H3;9-11,14H,5-8H2,1-4H3;/q-1;;/b;12-9-;. The topological polar surface area (TPSA) is 63.3 Å². The van der Waals surface area contributed by atoms with Crippen LogP contribution in [0.25, 0.3) is 65.5 Å². The number of benzene rings is 5. The fraction of sp³-hybridized carbons (Fsp3) is 0.304. The Balaban J connectivity index is 0.000000280. The third-order valence-electron chi connectivity index (χ3n) is 10.2. The molecule has 1 N–H and O–H groups in total. The summed E-state index contributed by atoms with van der Waals surface area (Å²) in [6, 6.07) is 29.4. The van der Waals surface area contributed by atoms with Crippen LogP contribution < -0.4 is 0 Å². The third kappa shape index (κ3) is 7.84. The average molecular weight is 873 g/mol. The molecule has 271 valence electrons. The average Bonchev–Trinajstić information content (AvgIpc) is 3.51. The van der Waals surface area contributed by atoms with Crippen LogP contribution in [0.1, 0.15) is 72.8 Å². The molecule has 0 bridgehead atoms. The number of aliphatic hydroxyl groups is 1. The Hall–Kier alpha value is -4.38. The predicted molar refractivity (Wildman–Crippen MR) is 211 cm³/mol. The van der Waals surface area contributed by atoms with Crippen molar-refractivity contribution in [2.75, 3.05) is 0 Å². The molecule has 0 aliphatic heterocycles. The molecule has 7 aromatic rings. The molecule has 4 nitrogen and oxygen atoms in total. The molecule has 0 aliphatic rings. The summed E-state index contributed by atoms with van der Waals surface area (Å²) >= 11 is 0. The molecule has 1 radical (unpaired) electrons. The molecule has 2 heterocycles. The zero-order chi connectivity index (χ0) is 36.2. The van der Waals surface area contributed by atoms with Crippen LogP contribution in [-0.2, 0) is 31.3 Å². The Morgan fingerprint density at radius 2 is 1.42 bits per heavy atom. The maximum Gasteiger partial charge on any atom is 0.162 e. The number of para-hydroxylation sites is 1. The zero-order valence-corrected chi connectivity index (χ0v) is 33.2. The van der Waals surface area contributed by atoms with Crippen LogP contribution >= 0.6 is 0 Å². The summed E-state index contributed by atoms with van der Waals surface area (Å²) in [7, 11) is 0. The zero-order valence-electron chi connectivity index (χ0n) is 30.9. The molecule has 0 unspecified atom stereocenters. The Labute approximate surface area is 319 Å². The van der Waals surface area contributed by atoms with E-state index >= 15 is 0 Å². The van der Waals surface area contributed by atoms with E-state index in [-0.39, 0.29) is 49.3 Å². The second-order valence-corrected chi connectivity index (χ2v) is 13.9. The summed E-state index contributed by atoms with van der Waals surface area (Å²) in [4.78, 5) is 16.6. The van der Waals surface area contributed by atoms with Gasteiger partial charge in [0.05, 0.1) is 11.3 Å². The molecule has 0 saturated heterocycles. The van der Waals surface area contributed by atoms with E-state index in [4.69, 9.17) is 9.40 Å². The molecule has 0 spiro atoms. The number of halogens is 1. The van der Waals surface area contributed by atoms with Crippen LogP contribution in [0, 0.1) is 29.6 Å². The van der Waals surface area contributed by atoms with Crippen molar-refractivity contribution in [1.82, 2.24) is 4.98 Å². The number of carbonyl (C=O) groups is 1. The Bertz CT molecular complexity index is 2380. The third-order valence-corrected chi connectivity index (χ3v) is 10.2. The van der Waals surface area contributed by atoms with Gasteiger partial charge in [-0.05, 0) is 100 Å². The number of rotatable bonds is 10. The fourth-order valence-electron chi connectivity index (χ4n) is 7.29. The van der Waals surface area contributed by atoms with E-state index < -0.39 is 0 Å². The number of hydrogen-bond acceptors (Lipinski definition) is 4. The number of ketones is 1. The molecular weight excluding hydrogens is 826 g/mol. The van der Waals surface area contributed by atoms with Crippen molar-refractivity contribution in [2.24, 2.45) is 17.8 Å². The SMILES string of the molecule is CC(C)Cc1[c-]c(-c2nccc3c2ccc2c4ccc(F)cc4ccc32)cc2c1oc1ccccc12.CCC(CC)C(=O)/C=C(\O)C(CC)CC.[Ir]. The van der Waals surface area contributed by atoms with Crippen LogP contribution in [0.3, 0.4) is 0 Å². The number of aliphatic hydroxyl groups excluding tert-OH is 1. The molecule has 6 heteroatoms. The molecule has 0 fully saturated rings. The number of nitrogens with zero attached hydrogens (tertiary/aromatic N) is 1. The normalized spacial score (nSPS) is 12.0. The van der Waals surface area contributed by atoms with E-state index in [9.17, 15) is 14.3 Å². The maximum absolute atomic E-state index is 13.8. The maximum atomic E-state index is 13.8. The molecule has 52 heavy (non-hydrogen) atoms. The summed E-state index contributed by atoms with van der Waals surface area (Å²) in [5.74, 6) is 0.797. The van der Waals surface area contributed by atoms with Crippen molar-refractivity contribution >= 4 is 60.0 Å². The Morgan fingerprint density at radius 3 is 2.13 bits per heavy atom. The molecule has 0 aliphatic carbocycles. The smallest absolute Gasteiger partial charge is 0.162 e. The minimum absolute atomic E-state index is 0. The first-order valence-corrected chi connectivity index (χ1v) is 18.4. The number of furan rings is 1. The van der Waals surface area contributed by atoms with Gasteiger partial charge in [-0.2, -0.15) is 0 Å². The van der Waals surface area contributed by atoms with Crippen molar-refractivity contribution in [1.29, 1.82) is 0 Å². The summed E-state index contributed by atoms with van der Waals surface area (Å²) in [6.45, 7) is 12.5. The monoisotopic (exact) mass is 873 g/mol. The largest absolute Gasteiger partial charge is 0.512 e. The van der Waals surface area contributed by atoms with Crippen molar-refractivity contribution in [3.05, 3.63) is 114 Å². The van der Waals surface area contributed by atoms with Gasteiger partial charge in [-0.15, -0.1) is 17.7 Å². The van der Waals surface area contributed by atoms with E-state index in [0.29, 0.717) is 5.92 Å². The van der Waals surface area contributed by atoms with Gasteiger partial charge >= 0.3 is 0 Å². The van der Waals surface area contributed by atoms with Crippen LogP contribution in [-0.4, -0.2) is 15.9 Å². The number of allylic oxidation sites excluding steroid dienone is 2. The molecular formula is C46H47FIrNO3-. The number of hydrogen-bond donors (Lipinski definition) is 1.